The molecule has 4 atom stereocenters. The van der Waals surface area contributed by atoms with Crippen molar-refractivity contribution < 1.29 is 32.6 Å². The zero-order valence-corrected chi connectivity index (χ0v) is 22.5. The molecule has 0 heterocycles. The van der Waals surface area contributed by atoms with Crippen molar-refractivity contribution in [3.05, 3.63) is 65.2 Å². The van der Waals surface area contributed by atoms with E-state index in [1.165, 1.54) is 19.1 Å². The van der Waals surface area contributed by atoms with Gasteiger partial charge in [-0.1, -0.05) is 47.5 Å². The molecule has 9 nitrogen and oxygen atoms in total. The van der Waals surface area contributed by atoms with Gasteiger partial charge in [0, 0.05) is 12.3 Å². The fourth-order valence-electron chi connectivity index (χ4n) is 4.69. The van der Waals surface area contributed by atoms with Gasteiger partial charge < -0.3 is 14.6 Å². The second-order valence-corrected chi connectivity index (χ2v) is 11.1. The van der Waals surface area contributed by atoms with Crippen LogP contribution in [0, 0.1) is 25.7 Å². The van der Waals surface area contributed by atoms with E-state index in [2.05, 4.69) is 9.93 Å². The lowest BCUT2D eigenvalue weighted by atomic mass is 9.61. The zero-order valence-electron chi connectivity index (χ0n) is 21.7. The van der Waals surface area contributed by atoms with Gasteiger partial charge in [-0.25, -0.2) is 4.83 Å². The van der Waals surface area contributed by atoms with Gasteiger partial charge in [-0.2, -0.15) is 13.5 Å². The highest BCUT2D eigenvalue weighted by molar-refractivity contribution is 7.89. The number of hydrogen-bond donors (Lipinski definition) is 2. The fraction of sp³-hybridized carbons (Fsp3) is 0.444. The highest BCUT2D eigenvalue weighted by atomic mass is 32.2. The summed E-state index contributed by atoms with van der Waals surface area (Å²) < 4.78 is 36.5. The first kappa shape index (κ1) is 28.3. The molecule has 0 radical (unpaired) electrons. The van der Waals surface area contributed by atoms with Gasteiger partial charge in [0.2, 0.25) is 0 Å². The number of sulfonamides is 1. The van der Waals surface area contributed by atoms with E-state index in [0.717, 1.165) is 11.1 Å². The molecular weight excluding hydrogens is 496 g/mol. The average Bonchev–Trinajstić information content (AvgIpc) is 2.83. The number of rotatable bonds is 8. The number of nitrogens with one attached hydrogen (secondary N) is 1. The van der Waals surface area contributed by atoms with Crippen LogP contribution in [0.2, 0.25) is 0 Å². The van der Waals surface area contributed by atoms with Crippen LogP contribution < -0.4 is 4.83 Å². The number of nitrogens with zero attached hydrogens (tertiary/aromatic N) is 1. The maximum atomic E-state index is 13.3. The molecule has 0 amide bonds. The Morgan fingerprint density at radius 3 is 2.03 bits per heavy atom. The Kier molecular flexibility index (Phi) is 8.76. The lowest BCUT2D eigenvalue weighted by Crippen LogP contribution is -2.55. The summed E-state index contributed by atoms with van der Waals surface area (Å²) in [6.45, 7) is 8.67. The number of benzene rings is 2. The number of carbonyl (C=O) groups excluding carboxylic acids is 2. The summed E-state index contributed by atoms with van der Waals surface area (Å²) in [5.74, 6) is -4.52. The normalized spacial score (nSPS) is 24.9. The Morgan fingerprint density at radius 2 is 1.49 bits per heavy atom. The van der Waals surface area contributed by atoms with Gasteiger partial charge in [-0.15, -0.1) is 0 Å². The van der Waals surface area contributed by atoms with Crippen molar-refractivity contribution in [1.29, 1.82) is 0 Å². The van der Waals surface area contributed by atoms with Crippen LogP contribution in [0.3, 0.4) is 0 Å². The molecule has 37 heavy (non-hydrogen) atoms. The third-order valence-corrected chi connectivity index (χ3v) is 7.69. The summed E-state index contributed by atoms with van der Waals surface area (Å²) in [5, 5.41) is 15.6. The fourth-order valence-corrected chi connectivity index (χ4v) is 5.53. The van der Waals surface area contributed by atoms with E-state index in [9.17, 15) is 23.1 Å². The minimum absolute atomic E-state index is 0.00260. The molecule has 1 aliphatic rings. The smallest absolute Gasteiger partial charge is 0.315 e. The maximum Gasteiger partial charge on any atom is 0.315 e. The molecule has 1 fully saturated rings. The predicted molar refractivity (Wildman–Crippen MR) is 138 cm³/mol. The number of hydrazone groups is 1. The predicted octanol–water partition coefficient (Wildman–Crippen LogP) is 3.23. The average molecular weight is 531 g/mol. The molecule has 0 bridgehead atoms. The van der Waals surface area contributed by atoms with Crippen molar-refractivity contribution in [2.24, 2.45) is 16.9 Å². The Morgan fingerprint density at radius 1 is 0.973 bits per heavy atom. The summed E-state index contributed by atoms with van der Waals surface area (Å²) in [5.41, 5.74) is 0.813. The van der Waals surface area contributed by atoms with Crippen molar-refractivity contribution in [2.45, 2.75) is 57.5 Å². The second kappa shape index (κ2) is 11.4. The number of hydrogen-bond acceptors (Lipinski definition) is 8. The summed E-state index contributed by atoms with van der Waals surface area (Å²) in [6, 6.07) is 13.4. The van der Waals surface area contributed by atoms with Crippen LogP contribution in [0.4, 0.5) is 0 Å². The number of ether oxygens (including phenoxy) is 2. The molecule has 2 aromatic carbocycles. The SMILES string of the molecule is CCOC(=O)[C@@H]1/C(=N\NS(=O)(=O)c2ccc(C)cc2)C[C@](C)(O)[C@@H](C(=O)OCC)[C@@H]1c1ccc(C)cc1. The van der Waals surface area contributed by atoms with Gasteiger partial charge in [-0.05, 0) is 52.3 Å². The first-order valence-electron chi connectivity index (χ1n) is 12.2. The highest BCUT2D eigenvalue weighted by Gasteiger charge is 2.56. The van der Waals surface area contributed by atoms with Crippen LogP contribution in [0.1, 0.15) is 49.8 Å². The van der Waals surface area contributed by atoms with E-state index in [0.29, 0.717) is 5.56 Å². The first-order valence-corrected chi connectivity index (χ1v) is 13.7. The quantitative estimate of drug-likeness (QED) is 0.396. The molecule has 3 rings (SSSR count). The summed E-state index contributed by atoms with van der Waals surface area (Å²) >= 11 is 0. The number of aryl methyl sites for hydroxylation is 2. The van der Waals surface area contributed by atoms with Gasteiger partial charge in [0.05, 0.1) is 35.3 Å². The highest BCUT2D eigenvalue weighted by Crippen LogP contribution is 2.47. The van der Waals surface area contributed by atoms with E-state index in [4.69, 9.17) is 9.47 Å². The van der Waals surface area contributed by atoms with Crippen LogP contribution in [0.5, 0.6) is 0 Å². The largest absolute Gasteiger partial charge is 0.466 e. The molecular formula is C27H34N2O7S. The Hall–Kier alpha value is -3.24. The monoisotopic (exact) mass is 530 g/mol. The number of esters is 2. The third kappa shape index (κ3) is 6.37. The molecule has 1 aliphatic carbocycles. The van der Waals surface area contributed by atoms with Gasteiger partial charge in [0.25, 0.3) is 10.0 Å². The molecule has 2 N–H and O–H groups in total. The van der Waals surface area contributed by atoms with Crippen molar-refractivity contribution in [1.82, 2.24) is 4.83 Å². The van der Waals surface area contributed by atoms with E-state index >= 15 is 0 Å². The Balaban J connectivity index is 2.15. The van der Waals surface area contributed by atoms with E-state index < -0.39 is 45.3 Å². The van der Waals surface area contributed by atoms with Gasteiger partial charge in [0.15, 0.2) is 0 Å². The van der Waals surface area contributed by atoms with Crippen molar-refractivity contribution in [3.63, 3.8) is 0 Å². The number of carbonyl (C=O) groups is 2. The van der Waals surface area contributed by atoms with E-state index in [1.54, 1.807) is 38.1 Å². The lowest BCUT2D eigenvalue weighted by Gasteiger charge is -2.45. The molecule has 1 saturated carbocycles. The first-order chi connectivity index (χ1) is 17.4. The Bertz CT molecular complexity index is 1250. The van der Waals surface area contributed by atoms with Crippen molar-refractivity contribution >= 4 is 27.7 Å². The Labute approximate surface area is 217 Å². The third-order valence-electron chi connectivity index (χ3n) is 6.47. The van der Waals surface area contributed by atoms with Gasteiger partial charge in [0.1, 0.15) is 5.92 Å². The second-order valence-electron chi connectivity index (χ2n) is 9.44. The molecule has 0 spiro atoms. The van der Waals surface area contributed by atoms with E-state index in [1.807, 2.05) is 26.0 Å². The van der Waals surface area contributed by atoms with Crippen LogP contribution in [0.25, 0.3) is 0 Å². The zero-order chi connectivity index (χ0) is 27.4. The van der Waals surface area contributed by atoms with Crippen LogP contribution in [0.15, 0.2) is 58.5 Å². The standard InChI is InChI=1S/C27H34N2O7S/c1-6-35-25(30)23-21(28-29-37(33,34)20-14-10-18(4)11-15-20)16-27(5,32)24(26(31)36-7-2)22(23)19-12-8-17(3)9-13-19/h8-15,22-24,29,32H,6-7,16H2,1-5H3/b28-21-/t22-,23-,24-,27+/m1/s1. The molecule has 200 valence electrons. The summed E-state index contributed by atoms with van der Waals surface area (Å²) in [7, 11) is -4.06. The minimum atomic E-state index is -4.06. The molecule has 10 heteroatoms. The topological polar surface area (TPSA) is 131 Å². The molecule has 0 aromatic heterocycles. The minimum Gasteiger partial charge on any atom is -0.466 e. The lowest BCUT2D eigenvalue weighted by molar-refractivity contribution is -0.163. The molecule has 0 saturated heterocycles. The number of aliphatic hydroxyl groups is 1. The van der Waals surface area contributed by atoms with Crippen molar-refractivity contribution in [2.75, 3.05) is 13.2 Å². The van der Waals surface area contributed by atoms with E-state index in [-0.39, 0.29) is 30.2 Å². The van der Waals surface area contributed by atoms with Crippen LogP contribution in [-0.2, 0) is 29.1 Å². The molecule has 2 aromatic rings. The summed E-state index contributed by atoms with van der Waals surface area (Å²) in [6.07, 6.45) is -0.251. The van der Waals surface area contributed by atoms with Gasteiger partial charge in [-0.3, -0.25) is 9.59 Å². The van der Waals surface area contributed by atoms with Crippen LogP contribution >= 0.6 is 0 Å². The molecule has 0 unspecified atom stereocenters. The summed E-state index contributed by atoms with van der Waals surface area (Å²) in [4.78, 5) is 28.7. The maximum absolute atomic E-state index is 13.3. The van der Waals surface area contributed by atoms with Gasteiger partial charge >= 0.3 is 11.9 Å². The van der Waals surface area contributed by atoms with Crippen molar-refractivity contribution in [3.8, 4) is 0 Å². The molecule has 0 aliphatic heterocycles. The van der Waals surface area contributed by atoms with Crippen LogP contribution in [-0.4, -0.2) is 50.0 Å².